The van der Waals surface area contributed by atoms with Crippen molar-refractivity contribution in [2.45, 2.75) is 102 Å². The largest absolute Gasteiger partial charge is 0.710 e. The molecule has 12 nitrogen and oxygen atoms in total. The summed E-state index contributed by atoms with van der Waals surface area (Å²) in [6.07, 6.45) is 2.65. The molecule has 0 spiro atoms. The highest BCUT2D eigenvalue weighted by Crippen LogP contribution is 2.38. The Bertz CT molecular complexity index is 1570. The molecule has 226 valence electrons. The van der Waals surface area contributed by atoms with Crippen LogP contribution < -0.4 is 10.5 Å². The van der Waals surface area contributed by atoms with Gasteiger partial charge in [-0.25, -0.2) is 14.7 Å². The summed E-state index contributed by atoms with van der Waals surface area (Å²) in [6, 6.07) is 7.11. The molecular formula is C30H42N8O4. The molecule has 2 aliphatic rings. The summed E-state index contributed by atoms with van der Waals surface area (Å²) >= 11 is 0. The van der Waals surface area contributed by atoms with Gasteiger partial charge in [-0.05, 0) is 62.1 Å². The number of anilines is 1. The molecule has 2 fully saturated rings. The van der Waals surface area contributed by atoms with Crippen LogP contribution >= 0.6 is 0 Å². The van der Waals surface area contributed by atoms with Crippen LogP contribution in [-0.4, -0.2) is 76.6 Å². The number of nitrogens with two attached hydrogens (primary N) is 1. The predicted octanol–water partition coefficient (Wildman–Crippen LogP) is 2.56. The number of aromatic amines is 1. The number of aliphatic hydroxyl groups excluding tert-OH is 2. The minimum Gasteiger partial charge on any atom is -0.710 e. The van der Waals surface area contributed by atoms with E-state index >= 15 is 0 Å². The Balaban J connectivity index is 1.07. The van der Waals surface area contributed by atoms with Gasteiger partial charge < -0.3 is 30.9 Å². The predicted molar refractivity (Wildman–Crippen MR) is 158 cm³/mol. The van der Waals surface area contributed by atoms with Crippen LogP contribution in [0.2, 0.25) is 0 Å². The Morgan fingerprint density at radius 3 is 2.69 bits per heavy atom. The number of hydrogen-bond donors (Lipinski definition) is 4. The van der Waals surface area contributed by atoms with Gasteiger partial charge in [0.2, 0.25) is 11.7 Å². The second-order valence-electron chi connectivity index (χ2n) is 13.3. The van der Waals surface area contributed by atoms with Gasteiger partial charge in [0, 0.05) is 25.0 Å². The number of fused-ring (bicyclic) bond motifs is 2. The molecule has 0 unspecified atom stereocenters. The lowest BCUT2D eigenvalue weighted by molar-refractivity contribution is -0.578. The van der Waals surface area contributed by atoms with Crippen LogP contribution in [0, 0.1) is 11.1 Å². The minimum absolute atomic E-state index is 0.0406. The van der Waals surface area contributed by atoms with Gasteiger partial charge in [0.25, 0.3) is 12.0 Å². The highest BCUT2D eigenvalue weighted by Gasteiger charge is 2.49. The smallest absolute Gasteiger partial charge is 0.276 e. The number of H-pyrrole nitrogens is 1. The number of benzene rings is 1. The number of nitrogens with one attached hydrogen (secondary N) is 1. The van der Waals surface area contributed by atoms with Crippen LogP contribution in [0.1, 0.15) is 71.5 Å². The first kappa shape index (κ1) is 28.8. The number of aryl methyl sites for hydroxylation is 1. The molecule has 4 atom stereocenters. The maximum atomic E-state index is 12.4. The van der Waals surface area contributed by atoms with E-state index in [4.69, 9.17) is 15.5 Å². The molecule has 0 bridgehead atoms. The molecule has 1 saturated heterocycles. The molecule has 42 heavy (non-hydrogen) atoms. The van der Waals surface area contributed by atoms with Crippen LogP contribution in [-0.2, 0) is 16.6 Å². The van der Waals surface area contributed by atoms with Gasteiger partial charge in [-0.3, -0.25) is 4.90 Å². The average molecular weight is 579 g/mol. The van der Waals surface area contributed by atoms with Crippen molar-refractivity contribution in [3.05, 3.63) is 47.4 Å². The highest BCUT2D eigenvalue weighted by molar-refractivity contribution is 5.78. The Hall–Kier alpha value is -3.32. The van der Waals surface area contributed by atoms with Gasteiger partial charge in [0.05, 0.1) is 11.0 Å². The Labute approximate surface area is 245 Å². The van der Waals surface area contributed by atoms with Crippen molar-refractivity contribution in [2.24, 2.45) is 5.92 Å². The third-order valence-corrected chi connectivity index (χ3v) is 9.06. The summed E-state index contributed by atoms with van der Waals surface area (Å²) in [5.74, 6) is 1.68. The lowest BCUT2D eigenvalue weighted by atomic mass is 9.76. The fraction of sp³-hybridized carbons (Fsp3) is 0.600. The van der Waals surface area contributed by atoms with E-state index in [2.05, 4.69) is 72.7 Å². The van der Waals surface area contributed by atoms with Gasteiger partial charge in [-0.1, -0.05) is 26.8 Å². The van der Waals surface area contributed by atoms with Gasteiger partial charge in [-0.2, -0.15) is 9.55 Å². The zero-order valence-electron chi connectivity index (χ0n) is 24.9. The summed E-state index contributed by atoms with van der Waals surface area (Å²) in [6.45, 7) is 11.4. The lowest BCUT2D eigenvalue weighted by Crippen LogP contribution is -2.52. The van der Waals surface area contributed by atoms with Gasteiger partial charge >= 0.3 is 0 Å². The minimum atomic E-state index is -1.23. The van der Waals surface area contributed by atoms with Crippen molar-refractivity contribution < 1.29 is 19.7 Å². The number of imidazole rings is 2. The zero-order chi connectivity index (χ0) is 29.9. The average Bonchev–Trinajstić information content (AvgIpc) is 3.55. The standard InChI is InChI=1S/C30H42N8O4/c1-16(2)36(13-22-25(39)26(40)29(42-22)37-15-38(41)24-27(31)32-14-33-28(24)37)19-10-17(11-19)6-9-23-34-20-8-7-18(30(3,4)5)12-21(20)35-23/h7-8,12,14-17,19,22,25-26,29,39-40H,6,9-11,13H2,1-5H3,(H,34,35)(H2,31,32,33)/t17?,19?,22-,25-,26-,29-/m1/s1. The normalized spacial score (nSPS) is 26.6. The van der Waals surface area contributed by atoms with Crippen molar-refractivity contribution in [3.8, 4) is 0 Å². The number of aromatic nitrogens is 6. The molecule has 0 amide bonds. The van der Waals surface area contributed by atoms with E-state index < -0.39 is 24.5 Å². The fourth-order valence-electron chi connectivity index (χ4n) is 6.49. The molecule has 3 aromatic heterocycles. The summed E-state index contributed by atoms with van der Waals surface area (Å²) in [5.41, 5.74) is 9.70. The molecule has 4 heterocycles. The van der Waals surface area contributed by atoms with E-state index in [9.17, 15) is 15.4 Å². The number of nitrogens with zero attached hydrogens (tertiary/aromatic N) is 6. The fourth-order valence-corrected chi connectivity index (χ4v) is 6.49. The van der Waals surface area contributed by atoms with E-state index in [-0.39, 0.29) is 28.4 Å². The first-order chi connectivity index (χ1) is 19.9. The molecule has 12 heteroatoms. The maximum absolute atomic E-state index is 12.4. The summed E-state index contributed by atoms with van der Waals surface area (Å²) in [7, 11) is 0. The highest BCUT2D eigenvalue weighted by atomic mass is 16.6. The van der Waals surface area contributed by atoms with Gasteiger partial charge in [0.1, 0.15) is 30.5 Å². The second kappa shape index (κ2) is 10.7. The van der Waals surface area contributed by atoms with E-state index in [0.717, 1.165) is 42.5 Å². The molecule has 1 aliphatic heterocycles. The number of aliphatic hydroxyl groups is 2. The third-order valence-electron chi connectivity index (χ3n) is 9.06. The monoisotopic (exact) mass is 578 g/mol. The lowest BCUT2D eigenvalue weighted by Gasteiger charge is -2.46. The van der Waals surface area contributed by atoms with Crippen LogP contribution in [0.4, 0.5) is 5.82 Å². The molecule has 5 N–H and O–H groups in total. The first-order valence-electron chi connectivity index (χ1n) is 14.9. The van der Waals surface area contributed by atoms with Gasteiger partial charge in [-0.15, -0.1) is 0 Å². The molecule has 4 aromatic rings. The Morgan fingerprint density at radius 2 is 1.98 bits per heavy atom. The molecule has 1 saturated carbocycles. The third kappa shape index (κ3) is 5.21. The van der Waals surface area contributed by atoms with Crippen molar-refractivity contribution >= 4 is 28.0 Å². The molecule has 0 radical (unpaired) electrons. The van der Waals surface area contributed by atoms with Gasteiger partial charge in [0.15, 0.2) is 5.82 Å². The van der Waals surface area contributed by atoms with Crippen molar-refractivity contribution in [2.75, 3.05) is 12.3 Å². The van der Waals surface area contributed by atoms with Crippen LogP contribution in [0.25, 0.3) is 22.2 Å². The van der Waals surface area contributed by atoms with E-state index in [0.29, 0.717) is 23.2 Å². The van der Waals surface area contributed by atoms with Crippen LogP contribution in [0.3, 0.4) is 0 Å². The van der Waals surface area contributed by atoms with E-state index in [1.165, 1.54) is 22.8 Å². The first-order valence-corrected chi connectivity index (χ1v) is 14.9. The number of nitrogen functional groups attached to an aromatic ring is 1. The Morgan fingerprint density at radius 1 is 1.21 bits per heavy atom. The van der Waals surface area contributed by atoms with Crippen LogP contribution in [0.15, 0.2) is 30.9 Å². The molecule has 6 rings (SSSR count). The van der Waals surface area contributed by atoms with Crippen LogP contribution in [0.5, 0.6) is 0 Å². The van der Waals surface area contributed by atoms with E-state index in [1.54, 1.807) is 0 Å². The number of rotatable bonds is 8. The maximum Gasteiger partial charge on any atom is 0.276 e. The molecule has 1 aliphatic carbocycles. The number of ether oxygens (including phenoxy) is 1. The summed E-state index contributed by atoms with van der Waals surface area (Å²) in [4.78, 5) is 18.8. The number of hydrogen-bond acceptors (Lipinski definition) is 9. The van der Waals surface area contributed by atoms with Crippen molar-refractivity contribution in [1.29, 1.82) is 0 Å². The van der Waals surface area contributed by atoms with E-state index in [1.807, 2.05) is 0 Å². The van der Waals surface area contributed by atoms with Crippen molar-refractivity contribution in [1.82, 2.24) is 29.4 Å². The molecule has 1 aromatic carbocycles. The zero-order valence-corrected chi connectivity index (χ0v) is 24.9. The molecular weight excluding hydrogens is 536 g/mol. The Kier molecular flexibility index (Phi) is 7.37. The van der Waals surface area contributed by atoms with Crippen molar-refractivity contribution in [3.63, 3.8) is 0 Å². The summed E-state index contributed by atoms with van der Waals surface area (Å²) < 4.78 is 8.16. The SMILES string of the molecule is CC(C)N(C[C@H]1O[C@@H](n2c[n+]([O-])c3c(N)ncnc32)[C@H](O)[C@@H]1O)C1CC(CCc2nc3cc(C(C)(C)C)ccc3[nH]2)C1. The quantitative estimate of drug-likeness (QED) is 0.182. The topological polar surface area (TPSA) is 165 Å². The summed E-state index contributed by atoms with van der Waals surface area (Å²) in [5, 5.41) is 34.3. The second-order valence-corrected chi connectivity index (χ2v) is 13.3.